The number of aromatic nitrogens is 2. The number of hydrogen-bond donors (Lipinski definition) is 1. The van der Waals surface area contributed by atoms with E-state index in [1.54, 1.807) is 31.6 Å². The highest BCUT2D eigenvalue weighted by Crippen LogP contribution is 2.39. The molecule has 2 aromatic heterocycles. The lowest BCUT2D eigenvalue weighted by Gasteiger charge is -2.31. The second kappa shape index (κ2) is 8.29. The zero-order valence-electron chi connectivity index (χ0n) is 19.5. The third-order valence-electron chi connectivity index (χ3n) is 7.17. The predicted molar refractivity (Wildman–Crippen MR) is 124 cm³/mol. The van der Waals surface area contributed by atoms with Crippen molar-refractivity contribution in [2.45, 2.75) is 58.3 Å². The van der Waals surface area contributed by atoms with Crippen LogP contribution in [0.4, 0.5) is 4.39 Å². The summed E-state index contributed by atoms with van der Waals surface area (Å²) in [5.41, 5.74) is 2.36. The van der Waals surface area contributed by atoms with Crippen LogP contribution in [0.3, 0.4) is 0 Å². The standard InChI is InChI=1S/C26H27FN2O5/c1-4-26(32)19-10-22-23-15(12-29(22)24(30)18(19)13-34-25(26)31)9-17-16(7-5-6-8-33-3)14(2)20(27)11-21(17)28-23/h9-11,32H,4-8,12-13H2,1-3H3/t26-/m0/s1. The minimum atomic E-state index is -1.87. The van der Waals surface area contributed by atoms with Crippen molar-refractivity contribution >= 4 is 16.9 Å². The zero-order valence-corrected chi connectivity index (χ0v) is 19.5. The second-order valence-corrected chi connectivity index (χ2v) is 9.08. The van der Waals surface area contributed by atoms with E-state index < -0.39 is 11.6 Å². The first-order chi connectivity index (χ1) is 16.3. The van der Waals surface area contributed by atoms with Gasteiger partial charge in [-0.3, -0.25) is 4.79 Å². The van der Waals surface area contributed by atoms with Gasteiger partial charge in [0.2, 0.25) is 0 Å². The molecule has 0 unspecified atom stereocenters. The molecule has 0 spiro atoms. The highest BCUT2D eigenvalue weighted by molar-refractivity contribution is 5.88. The first-order valence-electron chi connectivity index (χ1n) is 11.6. The van der Waals surface area contributed by atoms with Crippen LogP contribution in [0.25, 0.3) is 22.3 Å². The summed E-state index contributed by atoms with van der Waals surface area (Å²) >= 11 is 0. The zero-order chi connectivity index (χ0) is 24.2. The van der Waals surface area contributed by atoms with Crippen LogP contribution in [-0.2, 0) is 39.4 Å². The van der Waals surface area contributed by atoms with Crippen LogP contribution < -0.4 is 5.56 Å². The minimum absolute atomic E-state index is 0.0800. The number of aliphatic hydroxyl groups is 1. The van der Waals surface area contributed by atoms with E-state index >= 15 is 0 Å². The highest BCUT2D eigenvalue weighted by atomic mass is 19.1. The summed E-state index contributed by atoms with van der Waals surface area (Å²) < 4.78 is 26.7. The van der Waals surface area contributed by atoms with E-state index in [4.69, 9.17) is 14.5 Å². The SMILES string of the molecule is CC[C@@]1(O)C(=O)OCc2c1cc1n(c2=O)Cc2cc3c(CCCCOC)c(C)c(F)cc3nc2-1. The van der Waals surface area contributed by atoms with E-state index in [0.29, 0.717) is 42.0 Å². The van der Waals surface area contributed by atoms with E-state index in [1.807, 2.05) is 6.07 Å². The molecule has 8 heteroatoms. The van der Waals surface area contributed by atoms with Crippen molar-refractivity contribution in [3.8, 4) is 11.4 Å². The van der Waals surface area contributed by atoms with Gasteiger partial charge in [-0.25, -0.2) is 14.2 Å². The maximum Gasteiger partial charge on any atom is 0.343 e. The lowest BCUT2D eigenvalue weighted by atomic mass is 9.86. The summed E-state index contributed by atoms with van der Waals surface area (Å²) in [5, 5.41) is 11.9. The molecule has 0 saturated heterocycles. The molecule has 1 aromatic carbocycles. The topological polar surface area (TPSA) is 90.7 Å². The third-order valence-corrected chi connectivity index (χ3v) is 7.17. The molecule has 0 fully saturated rings. The summed E-state index contributed by atoms with van der Waals surface area (Å²) in [5.74, 6) is -1.07. The lowest BCUT2D eigenvalue weighted by molar-refractivity contribution is -0.172. The van der Waals surface area contributed by atoms with Crippen molar-refractivity contribution in [3.05, 3.63) is 62.2 Å². The first kappa shape index (κ1) is 22.7. The number of benzene rings is 1. The molecule has 1 atom stereocenters. The van der Waals surface area contributed by atoms with Crippen molar-refractivity contribution in [3.63, 3.8) is 0 Å². The molecule has 2 aliphatic heterocycles. The number of nitrogens with zero attached hydrogens (tertiary/aromatic N) is 2. The van der Waals surface area contributed by atoms with Gasteiger partial charge in [-0.05, 0) is 55.9 Å². The normalized spacial score (nSPS) is 18.6. The molecule has 0 aliphatic carbocycles. The van der Waals surface area contributed by atoms with Crippen LogP contribution in [0.1, 0.15) is 54.0 Å². The molecular formula is C26H27FN2O5. The number of ether oxygens (including phenoxy) is 2. The third kappa shape index (κ3) is 3.27. The molecule has 3 aromatic rings. The smallest absolute Gasteiger partial charge is 0.343 e. The molecule has 4 heterocycles. The molecule has 178 valence electrons. The summed E-state index contributed by atoms with van der Waals surface area (Å²) in [6.07, 6.45) is 2.52. The van der Waals surface area contributed by atoms with E-state index in [-0.39, 0.29) is 35.5 Å². The number of esters is 1. The largest absolute Gasteiger partial charge is 0.458 e. The average molecular weight is 467 g/mol. The maximum atomic E-state index is 14.8. The Morgan fingerprint density at radius 2 is 2.06 bits per heavy atom. The minimum Gasteiger partial charge on any atom is -0.458 e. The van der Waals surface area contributed by atoms with Gasteiger partial charge in [0.15, 0.2) is 5.60 Å². The Hall–Kier alpha value is -3.10. The Bertz CT molecular complexity index is 1400. The van der Waals surface area contributed by atoms with E-state index in [9.17, 15) is 19.1 Å². The van der Waals surface area contributed by atoms with Crippen molar-refractivity contribution in [1.29, 1.82) is 0 Å². The molecule has 2 aliphatic rings. The number of pyridine rings is 2. The van der Waals surface area contributed by atoms with Crippen LogP contribution in [-0.4, -0.2) is 34.3 Å². The summed E-state index contributed by atoms with van der Waals surface area (Å²) in [6, 6.07) is 5.10. The van der Waals surface area contributed by atoms with Gasteiger partial charge in [-0.1, -0.05) is 6.92 Å². The summed E-state index contributed by atoms with van der Waals surface area (Å²) in [4.78, 5) is 30.4. The Balaban J connectivity index is 1.67. The number of cyclic esters (lactones) is 1. The molecule has 1 N–H and O–H groups in total. The number of fused-ring (bicyclic) bond motifs is 5. The molecule has 0 amide bonds. The van der Waals surface area contributed by atoms with Crippen LogP contribution in [0, 0.1) is 12.7 Å². The fraction of sp³-hybridized carbons (Fsp3) is 0.423. The van der Waals surface area contributed by atoms with Crippen molar-refractivity contribution in [2.24, 2.45) is 0 Å². The number of aryl methyl sites for hydroxylation is 1. The van der Waals surface area contributed by atoms with Gasteiger partial charge >= 0.3 is 5.97 Å². The van der Waals surface area contributed by atoms with Crippen LogP contribution >= 0.6 is 0 Å². The quantitative estimate of drug-likeness (QED) is 0.346. The first-order valence-corrected chi connectivity index (χ1v) is 11.6. The van der Waals surface area contributed by atoms with E-state index in [1.165, 1.54) is 6.07 Å². The van der Waals surface area contributed by atoms with E-state index in [0.717, 1.165) is 29.4 Å². The number of hydrogen-bond acceptors (Lipinski definition) is 6. The number of rotatable bonds is 6. The van der Waals surface area contributed by atoms with Gasteiger partial charge in [0.1, 0.15) is 12.4 Å². The van der Waals surface area contributed by atoms with Crippen molar-refractivity contribution < 1.29 is 23.8 Å². The number of carbonyl (C=O) groups is 1. The number of methoxy groups -OCH3 is 1. The summed E-state index contributed by atoms with van der Waals surface area (Å²) in [7, 11) is 1.66. The molecule has 0 bridgehead atoms. The number of carbonyl (C=O) groups excluding carboxylic acids is 1. The number of halogens is 1. The van der Waals surface area contributed by atoms with Gasteiger partial charge in [0.05, 0.1) is 29.0 Å². The Labute approximate surface area is 196 Å². The Kier molecular flexibility index (Phi) is 5.53. The second-order valence-electron chi connectivity index (χ2n) is 9.08. The molecule has 34 heavy (non-hydrogen) atoms. The Morgan fingerprint density at radius 1 is 1.26 bits per heavy atom. The maximum absolute atomic E-state index is 14.8. The fourth-order valence-electron chi connectivity index (χ4n) is 5.13. The molecule has 0 radical (unpaired) electrons. The van der Waals surface area contributed by atoms with Crippen LogP contribution in [0.5, 0.6) is 0 Å². The predicted octanol–water partition coefficient (Wildman–Crippen LogP) is 3.50. The average Bonchev–Trinajstić information content (AvgIpc) is 3.18. The Morgan fingerprint density at radius 3 is 2.79 bits per heavy atom. The fourth-order valence-corrected chi connectivity index (χ4v) is 5.13. The molecule has 5 rings (SSSR count). The monoisotopic (exact) mass is 466 g/mol. The summed E-state index contributed by atoms with van der Waals surface area (Å²) in [6.45, 7) is 4.25. The molecule has 7 nitrogen and oxygen atoms in total. The molecular weight excluding hydrogens is 439 g/mol. The van der Waals surface area contributed by atoms with Gasteiger partial charge in [0.25, 0.3) is 5.56 Å². The molecule has 0 saturated carbocycles. The van der Waals surface area contributed by atoms with Gasteiger partial charge in [-0.15, -0.1) is 0 Å². The highest BCUT2D eigenvalue weighted by Gasteiger charge is 2.45. The lowest BCUT2D eigenvalue weighted by Crippen LogP contribution is -2.44. The van der Waals surface area contributed by atoms with Crippen LogP contribution in [0.15, 0.2) is 23.0 Å². The number of unbranched alkanes of at least 4 members (excludes halogenated alkanes) is 1. The van der Waals surface area contributed by atoms with Gasteiger partial charge in [-0.2, -0.15) is 0 Å². The van der Waals surface area contributed by atoms with Crippen molar-refractivity contribution in [1.82, 2.24) is 9.55 Å². The van der Waals surface area contributed by atoms with Crippen LogP contribution in [0.2, 0.25) is 0 Å². The van der Waals surface area contributed by atoms with Gasteiger partial charge in [0, 0.05) is 36.3 Å². The van der Waals surface area contributed by atoms with Crippen molar-refractivity contribution in [2.75, 3.05) is 13.7 Å². The van der Waals surface area contributed by atoms with E-state index in [2.05, 4.69) is 0 Å². The van der Waals surface area contributed by atoms with Gasteiger partial charge < -0.3 is 19.1 Å².